The number of carbonyl (C=O) groups is 1. The molecule has 18 heavy (non-hydrogen) atoms. The van der Waals surface area contributed by atoms with Crippen LogP contribution < -0.4 is 5.73 Å². The minimum absolute atomic E-state index is 0. The number of hydrogen-bond acceptors (Lipinski definition) is 3. The molecule has 1 aromatic rings. The SMILES string of the molecule is Cl.N[C@@H]1CCN(C(=O)c2csc3c2CCCC3)C1. The Morgan fingerprint density at radius 1 is 1.39 bits per heavy atom. The van der Waals surface area contributed by atoms with Crippen LogP contribution in [0.5, 0.6) is 0 Å². The molecule has 1 aliphatic carbocycles. The lowest BCUT2D eigenvalue weighted by Crippen LogP contribution is -2.32. The summed E-state index contributed by atoms with van der Waals surface area (Å²) in [6.07, 6.45) is 5.68. The number of halogens is 1. The second-order valence-corrected chi connectivity index (χ2v) is 6.02. The van der Waals surface area contributed by atoms with E-state index in [1.165, 1.54) is 23.3 Å². The number of amides is 1. The lowest BCUT2D eigenvalue weighted by atomic mass is 9.95. The average Bonchev–Trinajstić information content (AvgIpc) is 2.94. The van der Waals surface area contributed by atoms with Gasteiger partial charge < -0.3 is 10.6 Å². The Balaban J connectivity index is 0.00000120. The van der Waals surface area contributed by atoms with Crippen molar-refractivity contribution in [3.05, 3.63) is 21.4 Å². The fourth-order valence-electron chi connectivity index (χ4n) is 2.82. The van der Waals surface area contributed by atoms with E-state index in [1.807, 2.05) is 4.90 Å². The molecule has 1 saturated heterocycles. The first-order chi connectivity index (χ1) is 8.25. The van der Waals surface area contributed by atoms with Gasteiger partial charge in [0.2, 0.25) is 0 Å². The van der Waals surface area contributed by atoms with E-state index in [0.29, 0.717) is 0 Å². The maximum atomic E-state index is 12.4. The molecular weight excluding hydrogens is 268 g/mol. The van der Waals surface area contributed by atoms with Gasteiger partial charge in [-0.15, -0.1) is 23.7 Å². The molecule has 1 atom stereocenters. The number of fused-ring (bicyclic) bond motifs is 1. The summed E-state index contributed by atoms with van der Waals surface area (Å²) in [5, 5.41) is 2.06. The largest absolute Gasteiger partial charge is 0.337 e. The Labute approximate surface area is 118 Å². The van der Waals surface area contributed by atoms with E-state index in [1.54, 1.807) is 11.3 Å². The molecule has 2 aliphatic rings. The smallest absolute Gasteiger partial charge is 0.255 e. The maximum absolute atomic E-state index is 12.4. The first-order valence-electron chi connectivity index (χ1n) is 6.40. The fourth-order valence-corrected chi connectivity index (χ4v) is 3.94. The Morgan fingerprint density at radius 3 is 2.89 bits per heavy atom. The number of carbonyl (C=O) groups excluding carboxylic acids is 1. The number of hydrogen-bond donors (Lipinski definition) is 1. The van der Waals surface area contributed by atoms with Crippen LogP contribution in [0.3, 0.4) is 0 Å². The topological polar surface area (TPSA) is 46.3 Å². The van der Waals surface area contributed by atoms with Crippen molar-refractivity contribution >= 4 is 29.7 Å². The van der Waals surface area contributed by atoms with Crippen molar-refractivity contribution < 1.29 is 4.79 Å². The quantitative estimate of drug-likeness (QED) is 0.860. The van der Waals surface area contributed by atoms with E-state index >= 15 is 0 Å². The molecule has 0 bridgehead atoms. The van der Waals surface area contributed by atoms with Crippen LogP contribution in [0.2, 0.25) is 0 Å². The average molecular weight is 287 g/mol. The van der Waals surface area contributed by atoms with E-state index in [9.17, 15) is 4.79 Å². The molecule has 0 saturated carbocycles. The van der Waals surface area contributed by atoms with Gasteiger partial charge in [0, 0.05) is 29.4 Å². The van der Waals surface area contributed by atoms with Gasteiger partial charge in [0.1, 0.15) is 0 Å². The number of thiophene rings is 1. The highest BCUT2D eigenvalue weighted by Crippen LogP contribution is 2.31. The Bertz CT molecular complexity index is 446. The zero-order valence-electron chi connectivity index (χ0n) is 10.4. The van der Waals surface area contributed by atoms with Gasteiger partial charge in [-0.2, -0.15) is 0 Å². The third-order valence-corrected chi connectivity index (χ3v) is 4.89. The Kier molecular flexibility index (Phi) is 4.30. The molecule has 0 radical (unpaired) electrons. The van der Waals surface area contributed by atoms with Crippen molar-refractivity contribution in [2.75, 3.05) is 13.1 Å². The molecule has 2 N–H and O–H groups in total. The van der Waals surface area contributed by atoms with Gasteiger partial charge in [-0.1, -0.05) is 0 Å². The van der Waals surface area contributed by atoms with Gasteiger partial charge >= 0.3 is 0 Å². The predicted octanol–water partition coefficient (Wildman–Crippen LogP) is 2.22. The normalized spacial score (nSPS) is 22.5. The summed E-state index contributed by atoms with van der Waals surface area (Å²) < 4.78 is 0. The third-order valence-electron chi connectivity index (χ3n) is 3.80. The summed E-state index contributed by atoms with van der Waals surface area (Å²) in [7, 11) is 0. The molecule has 0 aromatic carbocycles. The summed E-state index contributed by atoms with van der Waals surface area (Å²) in [4.78, 5) is 15.8. The molecule has 100 valence electrons. The number of nitrogens with two attached hydrogens (primary N) is 1. The summed E-state index contributed by atoms with van der Waals surface area (Å²) in [6.45, 7) is 1.55. The van der Waals surface area contributed by atoms with Crippen molar-refractivity contribution in [1.82, 2.24) is 4.90 Å². The van der Waals surface area contributed by atoms with Crippen molar-refractivity contribution in [3.8, 4) is 0 Å². The molecule has 1 amide bonds. The first kappa shape index (κ1) is 13.8. The second-order valence-electron chi connectivity index (χ2n) is 5.06. The summed E-state index contributed by atoms with van der Waals surface area (Å²) in [5.41, 5.74) is 8.15. The number of rotatable bonds is 1. The van der Waals surface area contributed by atoms with Crippen molar-refractivity contribution in [1.29, 1.82) is 0 Å². The molecule has 0 unspecified atom stereocenters. The van der Waals surface area contributed by atoms with Crippen molar-refractivity contribution in [2.24, 2.45) is 5.73 Å². The number of aryl methyl sites for hydroxylation is 1. The zero-order chi connectivity index (χ0) is 11.8. The predicted molar refractivity (Wildman–Crippen MR) is 76.7 cm³/mol. The standard InChI is InChI=1S/C13H18N2OS.ClH/c14-9-5-6-15(7-9)13(16)11-8-17-12-4-2-1-3-10(11)12;/h8-9H,1-7,14H2;1H/t9-;/m1./s1. The molecule has 1 aliphatic heterocycles. The Hall–Kier alpha value is -0.580. The lowest BCUT2D eigenvalue weighted by Gasteiger charge is -2.18. The van der Waals surface area contributed by atoms with Crippen LogP contribution in [0.4, 0.5) is 0 Å². The maximum Gasteiger partial charge on any atom is 0.255 e. The highest BCUT2D eigenvalue weighted by atomic mass is 35.5. The van der Waals surface area contributed by atoms with E-state index in [2.05, 4.69) is 5.38 Å². The highest BCUT2D eigenvalue weighted by Gasteiger charge is 2.28. The first-order valence-corrected chi connectivity index (χ1v) is 7.28. The fraction of sp³-hybridized carbons (Fsp3) is 0.615. The summed E-state index contributed by atoms with van der Waals surface area (Å²) >= 11 is 1.76. The Morgan fingerprint density at radius 2 is 2.17 bits per heavy atom. The molecule has 1 fully saturated rings. The van der Waals surface area contributed by atoms with Gasteiger partial charge in [-0.25, -0.2) is 0 Å². The molecule has 3 nitrogen and oxygen atoms in total. The monoisotopic (exact) mass is 286 g/mol. The number of likely N-dealkylation sites (tertiary alicyclic amines) is 1. The highest BCUT2D eigenvalue weighted by molar-refractivity contribution is 7.10. The third kappa shape index (κ3) is 2.42. The zero-order valence-corrected chi connectivity index (χ0v) is 12.0. The molecular formula is C13H19ClN2OS. The van der Waals surface area contributed by atoms with Crippen LogP contribution in [0, 0.1) is 0 Å². The molecule has 5 heteroatoms. The van der Waals surface area contributed by atoms with Crippen LogP contribution >= 0.6 is 23.7 Å². The van der Waals surface area contributed by atoms with E-state index in [4.69, 9.17) is 5.73 Å². The molecule has 3 rings (SSSR count). The van der Waals surface area contributed by atoms with Gasteiger partial charge in [0.25, 0.3) is 5.91 Å². The van der Waals surface area contributed by atoms with E-state index in [0.717, 1.165) is 37.9 Å². The van der Waals surface area contributed by atoms with Crippen LogP contribution in [-0.2, 0) is 12.8 Å². The van der Waals surface area contributed by atoms with Crippen molar-refractivity contribution in [2.45, 2.75) is 38.1 Å². The molecule has 1 aromatic heterocycles. The second kappa shape index (κ2) is 5.59. The van der Waals surface area contributed by atoms with Crippen LogP contribution in [0.15, 0.2) is 5.38 Å². The van der Waals surface area contributed by atoms with Crippen molar-refractivity contribution in [3.63, 3.8) is 0 Å². The van der Waals surface area contributed by atoms with Crippen LogP contribution in [-0.4, -0.2) is 29.9 Å². The number of nitrogens with zero attached hydrogens (tertiary/aromatic N) is 1. The van der Waals surface area contributed by atoms with Crippen LogP contribution in [0.25, 0.3) is 0 Å². The van der Waals surface area contributed by atoms with Gasteiger partial charge in [-0.3, -0.25) is 4.79 Å². The molecule has 0 spiro atoms. The van der Waals surface area contributed by atoms with E-state index in [-0.39, 0.29) is 24.4 Å². The molecule has 2 heterocycles. The minimum atomic E-state index is 0. The van der Waals surface area contributed by atoms with Gasteiger partial charge in [-0.05, 0) is 37.7 Å². The lowest BCUT2D eigenvalue weighted by molar-refractivity contribution is 0.0790. The van der Waals surface area contributed by atoms with E-state index < -0.39 is 0 Å². The van der Waals surface area contributed by atoms with Crippen LogP contribution in [0.1, 0.15) is 40.1 Å². The van der Waals surface area contributed by atoms with Gasteiger partial charge in [0.05, 0.1) is 5.56 Å². The van der Waals surface area contributed by atoms with Gasteiger partial charge in [0.15, 0.2) is 0 Å². The minimum Gasteiger partial charge on any atom is -0.337 e. The summed E-state index contributed by atoms with van der Waals surface area (Å²) in [5.74, 6) is 0.206. The summed E-state index contributed by atoms with van der Waals surface area (Å²) in [6, 6.07) is 0.174.